The van der Waals surface area contributed by atoms with Crippen LogP contribution in [0, 0.1) is 31.1 Å². The predicted molar refractivity (Wildman–Crippen MR) is 79.7 cm³/mol. The second-order valence-electron chi connectivity index (χ2n) is 5.43. The van der Waals surface area contributed by atoms with Crippen molar-refractivity contribution < 1.29 is 8.42 Å². The van der Waals surface area contributed by atoms with Crippen molar-refractivity contribution in [1.82, 2.24) is 4.31 Å². The normalized spacial score (nSPS) is 11.8. The molecule has 0 spiro atoms. The van der Waals surface area contributed by atoms with Gasteiger partial charge in [0.15, 0.2) is 0 Å². The molecule has 0 fully saturated rings. The van der Waals surface area contributed by atoms with E-state index < -0.39 is 10.0 Å². The first kappa shape index (κ1) is 16.7. The minimum atomic E-state index is -3.54. The summed E-state index contributed by atoms with van der Waals surface area (Å²) >= 11 is 0. The summed E-state index contributed by atoms with van der Waals surface area (Å²) < 4.78 is 26.9. The fraction of sp³-hybridized carbons (Fsp3) is 0.533. The molecule has 0 aliphatic carbocycles. The maximum Gasteiger partial charge on any atom is 0.243 e. The molecule has 0 aliphatic rings. The van der Waals surface area contributed by atoms with E-state index >= 15 is 0 Å². The molecule has 0 amide bonds. The molecule has 0 saturated heterocycles. The van der Waals surface area contributed by atoms with E-state index in [-0.39, 0.29) is 18.9 Å². The van der Waals surface area contributed by atoms with Crippen molar-refractivity contribution >= 4 is 10.0 Å². The van der Waals surface area contributed by atoms with Crippen LogP contribution >= 0.6 is 0 Å². The summed E-state index contributed by atoms with van der Waals surface area (Å²) in [6.45, 7) is 8.28. The van der Waals surface area contributed by atoms with E-state index in [0.717, 1.165) is 11.1 Å². The van der Waals surface area contributed by atoms with Crippen molar-refractivity contribution in [2.45, 2.75) is 39.0 Å². The van der Waals surface area contributed by atoms with Crippen molar-refractivity contribution in [2.24, 2.45) is 5.92 Å². The zero-order valence-electron chi connectivity index (χ0n) is 12.5. The maximum atomic E-state index is 12.8. The molecular weight excluding hydrogens is 272 g/mol. The number of nitriles is 1. The van der Waals surface area contributed by atoms with Gasteiger partial charge in [-0.1, -0.05) is 26.0 Å². The second kappa shape index (κ2) is 6.87. The summed E-state index contributed by atoms with van der Waals surface area (Å²) in [7, 11) is -3.54. The molecule has 1 rings (SSSR count). The molecule has 0 aliphatic heterocycles. The van der Waals surface area contributed by atoms with Gasteiger partial charge in [0, 0.05) is 19.5 Å². The molecule has 4 nitrogen and oxygen atoms in total. The smallest absolute Gasteiger partial charge is 0.207 e. The number of sulfonamides is 1. The number of hydrogen-bond donors (Lipinski definition) is 0. The summed E-state index contributed by atoms with van der Waals surface area (Å²) in [6, 6.07) is 7.43. The van der Waals surface area contributed by atoms with E-state index in [9.17, 15) is 8.42 Å². The van der Waals surface area contributed by atoms with Gasteiger partial charge >= 0.3 is 0 Å². The lowest BCUT2D eigenvalue weighted by molar-refractivity contribution is 0.372. The summed E-state index contributed by atoms with van der Waals surface area (Å²) in [4.78, 5) is 0.344. The van der Waals surface area contributed by atoms with Crippen molar-refractivity contribution in [3.63, 3.8) is 0 Å². The third kappa shape index (κ3) is 4.06. The Kier molecular flexibility index (Phi) is 5.73. The van der Waals surface area contributed by atoms with Crippen LogP contribution in [0.4, 0.5) is 0 Å². The van der Waals surface area contributed by atoms with Crippen LogP contribution < -0.4 is 0 Å². The molecule has 0 bridgehead atoms. The highest BCUT2D eigenvalue weighted by Gasteiger charge is 2.26. The minimum absolute atomic E-state index is 0.205. The molecule has 0 atom stereocenters. The quantitative estimate of drug-likeness (QED) is 0.810. The van der Waals surface area contributed by atoms with Crippen molar-refractivity contribution in [3.8, 4) is 6.07 Å². The van der Waals surface area contributed by atoms with Gasteiger partial charge in [0.05, 0.1) is 11.0 Å². The van der Waals surface area contributed by atoms with Crippen molar-refractivity contribution in [1.29, 1.82) is 5.26 Å². The van der Waals surface area contributed by atoms with Gasteiger partial charge in [-0.15, -0.1) is 0 Å². The average Bonchev–Trinajstić information content (AvgIpc) is 2.36. The lowest BCUT2D eigenvalue weighted by Crippen LogP contribution is -2.35. The van der Waals surface area contributed by atoms with E-state index in [1.165, 1.54) is 4.31 Å². The first-order chi connectivity index (χ1) is 9.28. The Morgan fingerprint density at radius 3 is 2.50 bits per heavy atom. The Morgan fingerprint density at radius 1 is 1.30 bits per heavy atom. The summed E-state index contributed by atoms with van der Waals surface area (Å²) in [6.07, 6.45) is 0.205. The van der Waals surface area contributed by atoms with Gasteiger partial charge in [-0.05, 0) is 37.0 Å². The van der Waals surface area contributed by atoms with Crippen LogP contribution in [0.25, 0.3) is 0 Å². The fourth-order valence-electron chi connectivity index (χ4n) is 2.02. The number of aryl methyl sites for hydroxylation is 2. The first-order valence-electron chi connectivity index (χ1n) is 6.73. The molecule has 110 valence electrons. The Morgan fingerprint density at radius 2 is 1.95 bits per heavy atom. The minimum Gasteiger partial charge on any atom is -0.207 e. The fourth-order valence-corrected chi connectivity index (χ4v) is 3.93. The topological polar surface area (TPSA) is 61.2 Å². The summed E-state index contributed by atoms with van der Waals surface area (Å²) in [5.41, 5.74) is 1.65. The van der Waals surface area contributed by atoms with Crippen molar-refractivity contribution in [3.05, 3.63) is 29.3 Å². The van der Waals surface area contributed by atoms with E-state index in [1.54, 1.807) is 13.0 Å². The van der Waals surface area contributed by atoms with Crippen LogP contribution in [-0.4, -0.2) is 25.8 Å². The predicted octanol–water partition coefficient (Wildman–Crippen LogP) is 2.86. The number of nitrogens with zero attached hydrogens (tertiary/aromatic N) is 2. The lowest BCUT2D eigenvalue weighted by atomic mass is 10.2. The first-order valence-corrected chi connectivity index (χ1v) is 8.17. The van der Waals surface area contributed by atoms with E-state index in [1.807, 2.05) is 39.0 Å². The van der Waals surface area contributed by atoms with Gasteiger partial charge in [-0.3, -0.25) is 0 Å². The average molecular weight is 294 g/mol. The molecule has 5 heteroatoms. The molecule has 20 heavy (non-hydrogen) atoms. The maximum absolute atomic E-state index is 12.8. The van der Waals surface area contributed by atoms with Gasteiger partial charge in [-0.2, -0.15) is 9.57 Å². The van der Waals surface area contributed by atoms with Crippen LogP contribution in [0.3, 0.4) is 0 Å². The van der Waals surface area contributed by atoms with Gasteiger partial charge in [0.25, 0.3) is 0 Å². The molecule has 1 aromatic rings. The highest BCUT2D eigenvalue weighted by atomic mass is 32.2. The van der Waals surface area contributed by atoms with Crippen molar-refractivity contribution in [2.75, 3.05) is 13.1 Å². The molecule has 1 aromatic carbocycles. The highest BCUT2D eigenvalue weighted by molar-refractivity contribution is 7.89. The third-order valence-electron chi connectivity index (χ3n) is 3.00. The Labute approximate surface area is 122 Å². The molecular formula is C15H22N2O2S. The van der Waals surface area contributed by atoms with E-state index in [2.05, 4.69) is 0 Å². The number of rotatable bonds is 6. The SMILES string of the molecule is Cc1ccc(C)c(S(=O)(=O)N(CCC#N)CC(C)C)c1. The van der Waals surface area contributed by atoms with Gasteiger partial charge in [-0.25, -0.2) is 8.42 Å². The molecule has 0 aromatic heterocycles. The van der Waals surface area contributed by atoms with Gasteiger partial charge in [0.2, 0.25) is 10.0 Å². The Balaban J connectivity index is 3.21. The standard InChI is InChI=1S/C15H22N2O2S/c1-12(2)11-17(9-5-8-16)20(18,19)15-10-13(3)6-7-14(15)4/h6-7,10,12H,5,9,11H2,1-4H3. The lowest BCUT2D eigenvalue weighted by Gasteiger charge is -2.24. The second-order valence-corrected chi connectivity index (χ2v) is 7.34. The number of benzene rings is 1. The summed E-state index contributed by atoms with van der Waals surface area (Å²) in [5.74, 6) is 0.216. The zero-order valence-corrected chi connectivity index (χ0v) is 13.4. The van der Waals surface area contributed by atoms with Crippen LogP contribution in [0.2, 0.25) is 0 Å². The number of hydrogen-bond acceptors (Lipinski definition) is 3. The summed E-state index contributed by atoms with van der Waals surface area (Å²) in [5, 5.41) is 8.71. The largest absolute Gasteiger partial charge is 0.243 e. The van der Waals surface area contributed by atoms with Crippen LogP contribution in [0.5, 0.6) is 0 Å². The monoisotopic (exact) mass is 294 g/mol. The Bertz CT molecular complexity index is 601. The van der Waals surface area contributed by atoms with Crippen LogP contribution in [0.15, 0.2) is 23.1 Å². The van der Waals surface area contributed by atoms with E-state index in [4.69, 9.17) is 5.26 Å². The molecule has 0 radical (unpaired) electrons. The highest BCUT2D eigenvalue weighted by Crippen LogP contribution is 2.22. The third-order valence-corrected chi connectivity index (χ3v) is 5.01. The van der Waals surface area contributed by atoms with Crippen LogP contribution in [0.1, 0.15) is 31.4 Å². The molecule has 0 heterocycles. The zero-order chi connectivity index (χ0) is 15.3. The molecule has 0 N–H and O–H groups in total. The van der Waals surface area contributed by atoms with Gasteiger partial charge in [0.1, 0.15) is 0 Å². The van der Waals surface area contributed by atoms with Crippen LogP contribution in [-0.2, 0) is 10.0 Å². The Hall–Kier alpha value is -1.38. The molecule has 0 saturated carbocycles. The van der Waals surface area contributed by atoms with Gasteiger partial charge < -0.3 is 0 Å². The molecule has 0 unspecified atom stereocenters. The van der Waals surface area contributed by atoms with E-state index in [0.29, 0.717) is 11.4 Å².